The summed E-state index contributed by atoms with van der Waals surface area (Å²) in [7, 11) is 0. The van der Waals surface area contributed by atoms with Crippen LogP contribution in [0, 0.1) is 12.8 Å². The lowest BCUT2D eigenvalue weighted by Crippen LogP contribution is -2.39. The third kappa shape index (κ3) is 3.84. The van der Waals surface area contributed by atoms with Gasteiger partial charge in [0.15, 0.2) is 0 Å². The Hall–Kier alpha value is -2.37. The van der Waals surface area contributed by atoms with Crippen molar-refractivity contribution in [3.05, 3.63) is 70.1 Å². The van der Waals surface area contributed by atoms with Crippen molar-refractivity contribution in [3.8, 4) is 11.3 Å². The van der Waals surface area contributed by atoms with Gasteiger partial charge in [0.2, 0.25) is 0 Å². The maximum atomic E-state index is 12.9. The third-order valence-electron chi connectivity index (χ3n) is 5.24. The molecule has 1 saturated heterocycles. The Morgan fingerprint density at radius 3 is 2.67 bits per heavy atom. The second-order valence-electron chi connectivity index (χ2n) is 7.08. The highest BCUT2D eigenvalue weighted by molar-refractivity contribution is 7.10. The molecular formula is C22H23NO3S. The normalized spacial score (nSPS) is 16.4. The predicted octanol–water partition coefficient (Wildman–Crippen LogP) is 4.90. The van der Waals surface area contributed by atoms with Crippen molar-refractivity contribution in [1.82, 2.24) is 4.90 Å². The predicted molar refractivity (Wildman–Crippen MR) is 107 cm³/mol. The number of aliphatic hydroxyl groups excluding tert-OH is 1. The van der Waals surface area contributed by atoms with Crippen molar-refractivity contribution >= 4 is 17.2 Å². The zero-order chi connectivity index (χ0) is 18.8. The highest BCUT2D eigenvalue weighted by Gasteiger charge is 2.29. The fraction of sp³-hybridized carbons (Fsp3) is 0.318. The van der Waals surface area contributed by atoms with Gasteiger partial charge in [0.1, 0.15) is 11.5 Å². The first-order chi connectivity index (χ1) is 13.1. The summed E-state index contributed by atoms with van der Waals surface area (Å²) in [4.78, 5) is 15.8. The van der Waals surface area contributed by atoms with Gasteiger partial charge in [-0.25, -0.2) is 0 Å². The SMILES string of the molecule is Cc1ccc(-c2cccc(C(=O)N3CCC(C(O)c4cccs4)CC3)c2)o1. The first kappa shape index (κ1) is 18.0. The Labute approximate surface area is 163 Å². The van der Waals surface area contributed by atoms with Gasteiger partial charge in [0.05, 0.1) is 6.10 Å². The lowest BCUT2D eigenvalue weighted by molar-refractivity contribution is 0.0474. The molecule has 27 heavy (non-hydrogen) atoms. The van der Waals surface area contributed by atoms with Crippen molar-refractivity contribution in [2.45, 2.75) is 25.9 Å². The maximum absolute atomic E-state index is 12.9. The van der Waals surface area contributed by atoms with Crippen LogP contribution >= 0.6 is 11.3 Å². The molecule has 0 radical (unpaired) electrons. The van der Waals surface area contributed by atoms with E-state index in [4.69, 9.17) is 4.42 Å². The molecular weight excluding hydrogens is 358 g/mol. The van der Waals surface area contributed by atoms with Crippen LogP contribution in [0.2, 0.25) is 0 Å². The molecule has 2 aromatic heterocycles. The molecule has 140 valence electrons. The number of carbonyl (C=O) groups excluding carboxylic acids is 1. The van der Waals surface area contributed by atoms with Crippen molar-refractivity contribution < 1.29 is 14.3 Å². The van der Waals surface area contributed by atoms with Crippen LogP contribution in [-0.4, -0.2) is 29.0 Å². The number of nitrogens with zero attached hydrogens (tertiary/aromatic N) is 1. The van der Waals surface area contributed by atoms with Gasteiger partial charge in [-0.1, -0.05) is 18.2 Å². The first-order valence-electron chi connectivity index (χ1n) is 9.29. The molecule has 1 aromatic carbocycles. The number of piperidine rings is 1. The molecule has 0 spiro atoms. The number of aryl methyl sites for hydroxylation is 1. The van der Waals surface area contributed by atoms with Crippen LogP contribution in [0.5, 0.6) is 0 Å². The van der Waals surface area contributed by atoms with Crippen molar-refractivity contribution in [2.24, 2.45) is 5.92 Å². The van der Waals surface area contributed by atoms with E-state index in [9.17, 15) is 9.90 Å². The Morgan fingerprint density at radius 2 is 2.00 bits per heavy atom. The van der Waals surface area contributed by atoms with Crippen molar-refractivity contribution in [2.75, 3.05) is 13.1 Å². The smallest absolute Gasteiger partial charge is 0.253 e. The summed E-state index contributed by atoms with van der Waals surface area (Å²) in [5, 5.41) is 12.5. The van der Waals surface area contributed by atoms with Crippen LogP contribution in [0.15, 0.2) is 58.3 Å². The van der Waals surface area contributed by atoms with E-state index in [-0.39, 0.29) is 11.8 Å². The molecule has 1 amide bonds. The highest BCUT2D eigenvalue weighted by Crippen LogP contribution is 2.33. The van der Waals surface area contributed by atoms with E-state index in [0.29, 0.717) is 18.7 Å². The molecule has 1 aliphatic rings. The van der Waals surface area contributed by atoms with E-state index in [2.05, 4.69) is 0 Å². The van der Waals surface area contributed by atoms with E-state index >= 15 is 0 Å². The molecule has 1 fully saturated rings. The largest absolute Gasteiger partial charge is 0.461 e. The van der Waals surface area contributed by atoms with Crippen LogP contribution in [0.4, 0.5) is 0 Å². The van der Waals surface area contributed by atoms with Gasteiger partial charge in [-0.3, -0.25) is 4.79 Å². The Kier molecular flexibility index (Phi) is 5.14. The van der Waals surface area contributed by atoms with Crippen LogP contribution in [0.1, 0.15) is 39.9 Å². The quantitative estimate of drug-likeness (QED) is 0.699. The number of likely N-dealkylation sites (tertiary alicyclic amines) is 1. The number of rotatable bonds is 4. The summed E-state index contributed by atoms with van der Waals surface area (Å²) in [6.07, 6.45) is 1.22. The highest BCUT2D eigenvalue weighted by atomic mass is 32.1. The monoisotopic (exact) mass is 381 g/mol. The summed E-state index contributed by atoms with van der Waals surface area (Å²) in [6, 6.07) is 15.4. The average Bonchev–Trinajstić information content (AvgIpc) is 3.39. The molecule has 1 N–H and O–H groups in total. The third-order valence-corrected chi connectivity index (χ3v) is 6.19. The first-order valence-corrected chi connectivity index (χ1v) is 10.2. The number of furan rings is 1. The van der Waals surface area contributed by atoms with Gasteiger partial charge in [0, 0.05) is 29.1 Å². The summed E-state index contributed by atoms with van der Waals surface area (Å²) in [5.41, 5.74) is 1.59. The fourth-order valence-corrected chi connectivity index (χ4v) is 4.49. The molecule has 1 aliphatic heterocycles. The van der Waals surface area contributed by atoms with E-state index in [1.807, 2.05) is 65.7 Å². The van der Waals surface area contributed by atoms with Gasteiger partial charge in [0.25, 0.3) is 5.91 Å². The van der Waals surface area contributed by atoms with E-state index in [1.165, 1.54) is 0 Å². The number of hydrogen-bond acceptors (Lipinski definition) is 4. The number of carbonyl (C=O) groups is 1. The number of hydrogen-bond donors (Lipinski definition) is 1. The fourth-order valence-electron chi connectivity index (χ4n) is 3.69. The van der Waals surface area contributed by atoms with Gasteiger partial charge >= 0.3 is 0 Å². The molecule has 0 aliphatic carbocycles. The van der Waals surface area contributed by atoms with Crippen LogP contribution in [-0.2, 0) is 0 Å². The van der Waals surface area contributed by atoms with E-state index in [1.54, 1.807) is 11.3 Å². The summed E-state index contributed by atoms with van der Waals surface area (Å²) in [6.45, 7) is 3.26. The standard InChI is InChI=1S/C22H23NO3S/c1-15-7-8-19(26-15)17-4-2-5-18(14-17)22(25)23-11-9-16(10-12-23)21(24)20-6-3-13-27-20/h2-8,13-14,16,21,24H,9-12H2,1H3. The topological polar surface area (TPSA) is 53.7 Å². The molecule has 1 unspecified atom stereocenters. The minimum Gasteiger partial charge on any atom is -0.461 e. The zero-order valence-electron chi connectivity index (χ0n) is 15.3. The minimum atomic E-state index is -0.423. The number of aliphatic hydroxyl groups is 1. The second kappa shape index (κ2) is 7.71. The molecule has 0 saturated carbocycles. The van der Waals surface area contributed by atoms with E-state index in [0.717, 1.165) is 34.8 Å². The number of benzene rings is 1. The Bertz CT molecular complexity index is 907. The second-order valence-corrected chi connectivity index (χ2v) is 8.06. The van der Waals surface area contributed by atoms with Crippen molar-refractivity contribution in [3.63, 3.8) is 0 Å². The van der Waals surface area contributed by atoms with Crippen molar-refractivity contribution in [1.29, 1.82) is 0 Å². The van der Waals surface area contributed by atoms with Crippen LogP contribution in [0.25, 0.3) is 11.3 Å². The van der Waals surface area contributed by atoms with Gasteiger partial charge in [-0.15, -0.1) is 11.3 Å². The Balaban J connectivity index is 1.42. The van der Waals surface area contributed by atoms with Crippen LogP contribution in [0.3, 0.4) is 0 Å². The summed E-state index contributed by atoms with van der Waals surface area (Å²) in [5.74, 6) is 1.89. The number of amides is 1. The molecule has 1 atom stereocenters. The zero-order valence-corrected chi connectivity index (χ0v) is 16.1. The molecule has 3 heterocycles. The Morgan fingerprint density at radius 1 is 1.19 bits per heavy atom. The molecule has 5 heteroatoms. The van der Waals surface area contributed by atoms with Gasteiger partial charge in [-0.05, 0) is 61.4 Å². The molecule has 3 aromatic rings. The number of thiophene rings is 1. The van der Waals surface area contributed by atoms with Gasteiger partial charge in [-0.2, -0.15) is 0 Å². The summed E-state index contributed by atoms with van der Waals surface area (Å²) >= 11 is 1.59. The molecule has 0 bridgehead atoms. The molecule has 4 nitrogen and oxygen atoms in total. The van der Waals surface area contributed by atoms with Crippen LogP contribution < -0.4 is 0 Å². The summed E-state index contributed by atoms with van der Waals surface area (Å²) < 4.78 is 5.67. The lowest BCUT2D eigenvalue weighted by atomic mass is 9.90. The lowest BCUT2D eigenvalue weighted by Gasteiger charge is -2.34. The maximum Gasteiger partial charge on any atom is 0.253 e. The van der Waals surface area contributed by atoms with E-state index < -0.39 is 6.10 Å². The average molecular weight is 381 g/mol. The minimum absolute atomic E-state index is 0.0455. The van der Waals surface area contributed by atoms with Gasteiger partial charge < -0.3 is 14.4 Å². The molecule has 4 rings (SSSR count).